The Hall–Kier alpha value is -0.830. The van der Waals surface area contributed by atoms with Gasteiger partial charge in [0.05, 0.1) is 13.2 Å². The zero-order valence-electron chi connectivity index (χ0n) is 7.25. The van der Waals surface area contributed by atoms with Gasteiger partial charge in [-0.1, -0.05) is 6.08 Å². The van der Waals surface area contributed by atoms with E-state index in [1.807, 2.05) is 0 Å². The van der Waals surface area contributed by atoms with Crippen molar-refractivity contribution in [3.8, 4) is 0 Å². The minimum atomic E-state index is -0.839. The predicted octanol–water partition coefficient (Wildman–Crippen LogP) is 0.877. The van der Waals surface area contributed by atoms with E-state index in [1.54, 1.807) is 0 Å². The fourth-order valence-electron chi connectivity index (χ4n) is 1.76. The Morgan fingerprint density at radius 3 is 2.83 bits per heavy atom. The highest BCUT2D eigenvalue weighted by Gasteiger charge is 2.46. The van der Waals surface area contributed by atoms with E-state index in [-0.39, 0.29) is 5.97 Å². The Bertz CT molecular complexity index is 200. The predicted molar refractivity (Wildman–Crippen MR) is 44.5 cm³/mol. The maximum absolute atomic E-state index is 11.3. The van der Waals surface area contributed by atoms with Gasteiger partial charge >= 0.3 is 5.97 Å². The standard InChI is InChI=1S/C9H14O3/c1-3-9(8(11)12-2)6-4-5-7(9)10/h3,7,10H,1,4-6H2,2H3. The summed E-state index contributed by atoms with van der Waals surface area (Å²) < 4.78 is 4.63. The number of ether oxygens (including phenoxy) is 1. The molecule has 2 unspecified atom stereocenters. The zero-order chi connectivity index (χ0) is 9.19. The number of hydrogen-bond acceptors (Lipinski definition) is 3. The largest absolute Gasteiger partial charge is 0.468 e. The fraction of sp³-hybridized carbons (Fsp3) is 0.667. The van der Waals surface area contributed by atoms with Crippen LogP contribution in [0.15, 0.2) is 12.7 Å². The molecule has 1 N–H and O–H groups in total. The van der Waals surface area contributed by atoms with Gasteiger partial charge in [-0.25, -0.2) is 0 Å². The van der Waals surface area contributed by atoms with E-state index in [2.05, 4.69) is 11.3 Å². The molecule has 68 valence electrons. The summed E-state index contributed by atoms with van der Waals surface area (Å²) in [6.45, 7) is 3.57. The molecule has 0 aromatic rings. The summed E-state index contributed by atoms with van der Waals surface area (Å²) in [7, 11) is 1.33. The van der Waals surface area contributed by atoms with Crippen LogP contribution in [0, 0.1) is 5.41 Å². The lowest BCUT2D eigenvalue weighted by atomic mass is 9.84. The Morgan fingerprint density at radius 2 is 2.50 bits per heavy atom. The third-order valence-electron chi connectivity index (χ3n) is 2.59. The van der Waals surface area contributed by atoms with Crippen molar-refractivity contribution < 1.29 is 14.6 Å². The van der Waals surface area contributed by atoms with E-state index in [0.29, 0.717) is 12.8 Å². The fourth-order valence-corrected chi connectivity index (χ4v) is 1.76. The van der Waals surface area contributed by atoms with Crippen LogP contribution >= 0.6 is 0 Å². The van der Waals surface area contributed by atoms with Crippen LogP contribution in [-0.4, -0.2) is 24.3 Å². The highest BCUT2D eigenvalue weighted by atomic mass is 16.5. The highest BCUT2D eigenvalue weighted by molar-refractivity contribution is 5.80. The second-order valence-electron chi connectivity index (χ2n) is 3.14. The topological polar surface area (TPSA) is 46.5 Å². The van der Waals surface area contributed by atoms with Crippen molar-refractivity contribution in [1.82, 2.24) is 0 Å². The second kappa shape index (κ2) is 3.27. The van der Waals surface area contributed by atoms with Crippen LogP contribution in [-0.2, 0) is 9.53 Å². The molecule has 2 atom stereocenters. The second-order valence-corrected chi connectivity index (χ2v) is 3.14. The van der Waals surface area contributed by atoms with Gasteiger partial charge in [0.1, 0.15) is 5.41 Å². The van der Waals surface area contributed by atoms with E-state index in [4.69, 9.17) is 0 Å². The summed E-state index contributed by atoms with van der Waals surface area (Å²) >= 11 is 0. The zero-order valence-corrected chi connectivity index (χ0v) is 7.25. The molecule has 12 heavy (non-hydrogen) atoms. The molecule has 1 rings (SSSR count). The summed E-state index contributed by atoms with van der Waals surface area (Å²) in [4.78, 5) is 11.3. The molecule has 0 bridgehead atoms. The maximum atomic E-state index is 11.3. The lowest BCUT2D eigenvalue weighted by Crippen LogP contribution is -2.37. The number of rotatable bonds is 2. The van der Waals surface area contributed by atoms with Crippen LogP contribution < -0.4 is 0 Å². The van der Waals surface area contributed by atoms with E-state index in [0.717, 1.165) is 6.42 Å². The summed E-state index contributed by atoms with van der Waals surface area (Å²) in [5, 5.41) is 9.57. The molecule has 0 radical (unpaired) electrons. The Balaban J connectivity index is 2.88. The monoisotopic (exact) mass is 170 g/mol. The number of methoxy groups -OCH3 is 1. The lowest BCUT2D eigenvalue weighted by molar-refractivity contribution is -0.154. The quantitative estimate of drug-likeness (QED) is 0.494. The Morgan fingerprint density at radius 1 is 1.83 bits per heavy atom. The van der Waals surface area contributed by atoms with Crippen LogP contribution in [0.25, 0.3) is 0 Å². The van der Waals surface area contributed by atoms with E-state index >= 15 is 0 Å². The smallest absolute Gasteiger partial charge is 0.318 e. The van der Waals surface area contributed by atoms with Gasteiger partial charge in [0.2, 0.25) is 0 Å². The first-order valence-electron chi connectivity index (χ1n) is 4.07. The third-order valence-corrected chi connectivity index (χ3v) is 2.59. The molecule has 3 nitrogen and oxygen atoms in total. The van der Waals surface area contributed by atoms with Gasteiger partial charge in [0.25, 0.3) is 0 Å². The molecule has 0 aromatic carbocycles. The van der Waals surface area contributed by atoms with E-state index in [1.165, 1.54) is 13.2 Å². The Labute approximate surface area is 72.0 Å². The lowest BCUT2D eigenvalue weighted by Gasteiger charge is -2.25. The highest BCUT2D eigenvalue weighted by Crippen LogP contribution is 2.40. The molecule has 0 heterocycles. The van der Waals surface area contributed by atoms with Crippen molar-refractivity contribution in [2.75, 3.05) is 7.11 Å². The normalized spacial score (nSPS) is 34.7. The van der Waals surface area contributed by atoms with Crippen LogP contribution in [0.5, 0.6) is 0 Å². The SMILES string of the molecule is C=CC1(C(=O)OC)CCCC1O. The van der Waals surface area contributed by atoms with Gasteiger partial charge in [0.15, 0.2) is 0 Å². The van der Waals surface area contributed by atoms with Gasteiger partial charge < -0.3 is 9.84 Å². The summed E-state index contributed by atoms with van der Waals surface area (Å²) in [6.07, 6.45) is 3.03. The van der Waals surface area contributed by atoms with Gasteiger partial charge in [0, 0.05) is 0 Å². The minimum absolute atomic E-state index is 0.373. The Kier molecular flexibility index (Phi) is 2.52. The first-order chi connectivity index (χ1) is 5.67. The number of esters is 1. The van der Waals surface area contributed by atoms with Crippen molar-refractivity contribution in [2.24, 2.45) is 5.41 Å². The molecule has 0 aromatic heterocycles. The van der Waals surface area contributed by atoms with Gasteiger partial charge in [-0.3, -0.25) is 4.79 Å². The first kappa shape index (κ1) is 9.26. The molecule has 1 fully saturated rings. The molecule has 1 saturated carbocycles. The third kappa shape index (κ3) is 1.14. The van der Waals surface area contributed by atoms with Crippen LogP contribution in [0.3, 0.4) is 0 Å². The summed E-state index contributed by atoms with van der Waals surface area (Å²) in [6, 6.07) is 0. The van der Waals surface area contributed by atoms with Crippen molar-refractivity contribution in [1.29, 1.82) is 0 Å². The number of aliphatic hydroxyl groups excluding tert-OH is 1. The molecule has 0 amide bonds. The number of aliphatic hydroxyl groups is 1. The number of hydrogen-bond donors (Lipinski definition) is 1. The van der Waals surface area contributed by atoms with Crippen molar-refractivity contribution in [3.63, 3.8) is 0 Å². The molecule has 3 heteroatoms. The molecule has 1 aliphatic rings. The molecule has 0 aliphatic heterocycles. The summed E-state index contributed by atoms with van der Waals surface area (Å²) in [5.74, 6) is -0.373. The van der Waals surface area contributed by atoms with Crippen LogP contribution in [0.1, 0.15) is 19.3 Å². The number of carbonyl (C=O) groups is 1. The molecular formula is C9H14O3. The van der Waals surface area contributed by atoms with Gasteiger partial charge in [-0.15, -0.1) is 6.58 Å². The maximum Gasteiger partial charge on any atom is 0.318 e. The minimum Gasteiger partial charge on any atom is -0.468 e. The van der Waals surface area contributed by atoms with E-state index in [9.17, 15) is 9.90 Å². The van der Waals surface area contributed by atoms with Crippen LogP contribution in [0.4, 0.5) is 0 Å². The van der Waals surface area contributed by atoms with Crippen LogP contribution in [0.2, 0.25) is 0 Å². The van der Waals surface area contributed by atoms with E-state index < -0.39 is 11.5 Å². The van der Waals surface area contributed by atoms with Crippen molar-refractivity contribution in [2.45, 2.75) is 25.4 Å². The molecular weight excluding hydrogens is 156 g/mol. The first-order valence-corrected chi connectivity index (χ1v) is 4.07. The average Bonchev–Trinajstić information content (AvgIpc) is 2.46. The van der Waals surface area contributed by atoms with Crippen molar-refractivity contribution in [3.05, 3.63) is 12.7 Å². The van der Waals surface area contributed by atoms with Gasteiger partial charge in [-0.2, -0.15) is 0 Å². The van der Waals surface area contributed by atoms with Gasteiger partial charge in [-0.05, 0) is 19.3 Å². The summed E-state index contributed by atoms with van der Waals surface area (Å²) in [5.41, 5.74) is -0.839. The molecule has 0 saturated heterocycles. The average molecular weight is 170 g/mol. The number of carbonyl (C=O) groups excluding carboxylic acids is 1. The molecule has 0 spiro atoms. The molecule has 1 aliphatic carbocycles. The van der Waals surface area contributed by atoms with Crippen molar-refractivity contribution >= 4 is 5.97 Å².